The highest BCUT2D eigenvalue weighted by atomic mass is 32.2. The molecule has 0 spiro atoms. The highest BCUT2D eigenvalue weighted by molar-refractivity contribution is 7.92. The Morgan fingerprint density at radius 1 is 0.879 bits per heavy atom. The molecule has 0 aliphatic heterocycles. The van der Waals surface area contributed by atoms with Gasteiger partial charge in [0, 0.05) is 6.42 Å². The van der Waals surface area contributed by atoms with E-state index in [1.165, 1.54) is 0 Å². The molecule has 0 aromatic heterocycles. The van der Waals surface area contributed by atoms with Crippen LogP contribution in [-0.4, -0.2) is 25.4 Å². The molecule has 1 amide bonds. The standard InChI is InChI=1S/C26H29NO5S/c1-26(2,32-25(27)28)18-24(33(29,30)23-11-7-4-8-12-23)17-20-13-15-22(16-14-20)31-19-21-9-5-3-6-10-21/h3-16,24H,17-19H2,1-2H3,(H2,27,28). The molecule has 7 heteroatoms. The Labute approximate surface area is 195 Å². The van der Waals surface area contributed by atoms with Crippen LogP contribution in [-0.2, 0) is 27.6 Å². The fraction of sp³-hybridized carbons (Fsp3) is 0.269. The van der Waals surface area contributed by atoms with E-state index in [9.17, 15) is 13.2 Å². The Morgan fingerprint density at radius 2 is 1.45 bits per heavy atom. The van der Waals surface area contributed by atoms with Gasteiger partial charge in [-0.2, -0.15) is 0 Å². The van der Waals surface area contributed by atoms with Crippen LogP contribution in [0.3, 0.4) is 0 Å². The highest BCUT2D eigenvalue weighted by Crippen LogP contribution is 2.29. The molecule has 6 nitrogen and oxygen atoms in total. The topological polar surface area (TPSA) is 95.7 Å². The average Bonchev–Trinajstić information content (AvgIpc) is 2.78. The van der Waals surface area contributed by atoms with Crippen LogP contribution in [0, 0.1) is 0 Å². The number of sulfone groups is 1. The van der Waals surface area contributed by atoms with Gasteiger partial charge in [0.15, 0.2) is 9.84 Å². The van der Waals surface area contributed by atoms with Crippen LogP contribution in [0.2, 0.25) is 0 Å². The van der Waals surface area contributed by atoms with Crippen molar-refractivity contribution in [2.75, 3.05) is 0 Å². The van der Waals surface area contributed by atoms with Crippen molar-refractivity contribution in [3.05, 3.63) is 96.1 Å². The number of hydrogen-bond acceptors (Lipinski definition) is 5. The monoisotopic (exact) mass is 467 g/mol. The van der Waals surface area contributed by atoms with Gasteiger partial charge >= 0.3 is 6.09 Å². The van der Waals surface area contributed by atoms with Crippen molar-refractivity contribution in [3.63, 3.8) is 0 Å². The van der Waals surface area contributed by atoms with Crippen molar-refractivity contribution in [3.8, 4) is 5.75 Å². The van der Waals surface area contributed by atoms with Crippen LogP contribution in [0.15, 0.2) is 89.8 Å². The number of carbonyl (C=O) groups excluding carboxylic acids is 1. The molecule has 0 bridgehead atoms. The molecule has 0 heterocycles. The summed E-state index contributed by atoms with van der Waals surface area (Å²) in [5, 5.41) is -0.815. The van der Waals surface area contributed by atoms with Gasteiger partial charge in [-0.15, -0.1) is 0 Å². The van der Waals surface area contributed by atoms with Gasteiger partial charge in [0.1, 0.15) is 18.0 Å². The lowest BCUT2D eigenvalue weighted by molar-refractivity contribution is 0.0384. The van der Waals surface area contributed by atoms with Crippen LogP contribution in [0.5, 0.6) is 5.75 Å². The molecule has 1 unspecified atom stereocenters. The molecule has 3 aromatic carbocycles. The molecule has 0 aliphatic rings. The number of hydrogen-bond donors (Lipinski definition) is 1. The lowest BCUT2D eigenvalue weighted by Crippen LogP contribution is -2.38. The summed E-state index contributed by atoms with van der Waals surface area (Å²) >= 11 is 0. The fourth-order valence-corrected chi connectivity index (χ4v) is 5.64. The molecule has 2 N–H and O–H groups in total. The van der Waals surface area contributed by atoms with E-state index in [-0.39, 0.29) is 17.7 Å². The molecule has 33 heavy (non-hydrogen) atoms. The second-order valence-electron chi connectivity index (χ2n) is 8.49. The van der Waals surface area contributed by atoms with E-state index in [2.05, 4.69) is 0 Å². The Hall–Kier alpha value is -3.32. The van der Waals surface area contributed by atoms with Crippen molar-refractivity contribution in [2.45, 2.75) is 49.0 Å². The SMILES string of the molecule is CC(C)(CC(Cc1ccc(OCc2ccccc2)cc1)S(=O)(=O)c1ccccc1)OC(N)=O. The Bertz CT molecular complexity index is 1140. The van der Waals surface area contributed by atoms with Crippen molar-refractivity contribution in [1.29, 1.82) is 0 Å². The molecule has 0 radical (unpaired) electrons. The first-order chi connectivity index (χ1) is 15.7. The third-order valence-electron chi connectivity index (χ3n) is 5.24. The normalized spacial score (nSPS) is 12.7. The zero-order valence-electron chi connectivity index (χ0n) is 18.8. The van der Waals surface area contributed by atoms with Crippen LogP contribution >= 0.6 is 0 Å². The average molecular weight is 468 g/mol. The van der Waals surface area contributed by atoms with Crippen LogP contribution in [0.1, 0.15) is 31.4 Å². The van der Waals surface area contributed by atoms with Crippen LogP contribution in [0.25, 0.3) is 0 Å². The van der Waals surface area contributed by atoms with Gasteiger partial charge in [-0.1, -0.05) is 60.7 Å². The van der Waals surface area contributed by atoms with E-state index >= 15 is 0 Å². The molecule has 174 valence electrons. The van der Waals surface area contributed by atoms with Crippen molar-refractivity contribution in [2.24, 2.45) is 5.73 Å². The second-order valence-corrected chi connectivity index (χ2v) is 10.7. The summed E-state index contributed by atoms with van der Waals surface area (Å²) in [6.45, 7) is 3.77. The van der Waals surface area contributed by atoms with Gasteiger partial charge in [-0.25, -0.2) is 13.2 Å². The molecule has 0 fully saturated rings. The largest absolute Gasteiger partial charge is 0.489 e. The van der Waals surface area contributed by atoms with E-state index in [0.29, 0.717) is 12.4 Å². The Kier molecular flexibility index (Phi) is 7.76. The number of nitrogens with two attached hydrogens (primary N) is 1. The lowest BCUT2D eigenvalue weighted by Gasteiger charge is -2.29. The summed E-state index contributed by atoms with van der Waals surface area (Å²) in [5.41, 5.74) is 6.04. The van der Waals surface area contributed by atoms with E-state index < -0.39 is 26.8 Å². The maximum absolute atomic E-state index is 13.4. The van der Waals surface area contributed by atoms with E-state index in [0.717, 1.165) is 11.1 Å². The number of amides is 1. The van der Waals surface area contributed by atoms with Crippen LogP contribution in [0.4, 0.5) is 4.79 Å². The lowest BCUT2D eigenvalue weighted by atomic mass is 9.98. The van der Waals surface area contributed by atoms with Gasteiger partial charge in [-0.05, 0) is 55.7 Å². The maximum atomic E-state index is 13.4. The molecule has 1 atom stereocenters. The zero-order chi connectivity index (χ0) is 23.9. The van der Waals surface area contributed by atoms with Crippen molar-refractivity contribution < 1.29 is 22.7 Å². The minimum atomic E-state index is -3.69. The van der Waals surface area contributed by atoms with Crippen molar-refractivity contribution >= 4 is 15.9 Å². The third kappa shape index (κ3) is 7.08. The number of rotatable bonds is 10. The van der Waals surface area contributed by atoms with Gasteiger partial charge in [-0.3, -0.25) is 0 Å². The smallest absolute Gasteiger partial charge is 0.405 e. The summed E-state index contributed by atoms with van der Waals surface area (Å²) in [6.07, 6.45) is -0.586. The first-order valence-corrected chi connectivity index (χ1v) is 12.2. The van der Waals surface area contributed by atoms with Crippen LogP contribution < -0.4 is 10.5 Å². The highest BCUT2D eigenvalue weighted by Gasteiger charge is 2.35. The van der Waals surface area contributed by atoms with E-state index in [1.54, 1.807) is 44.2 Å². The predicted octanol–water partition coefficient (Wildman–Crippen LogP) is 4.91. The molecular weight excluding hydrogens is 438 g/mol. The van der Waals surface area contributed by atoms with Gasteiger partial charge in [0.25, 0.3) is 0 Å². The molecule has 0 saturated carbocycles. The quantitative estimate of drug-likeness (QED) is 0.457. The van der Waals surface area contributed by atoms with E-state index in [1.807, 2.05) is 54.6 Å². The summed E-state index contributed by atoms with van der Waals surface area (Å²) < 4.78 is 37.9. The first kappa shape index (κ1) is 24.3. The number of ether oxygens (including phenoxy) is 2. The third-order valence-corrected chi connectivity index (χ3v) is 7.38. The van der Waals surface area contributed by atoms with Gasteiger partial charge in [0.05, 0.1) is 10.1 Å². The van der Waals surface area contributed by atoms with E-state index in [4.69, 9.17) is 15.2 Å². The first-order valence-electron chi connectivity index (χ1n) is 10.7. The second kappa shape index (κ2) is 10.5. The summed E-state index contributed by atoms with van der Waals surface area (Å²) in [7, 11) is -3.69. The Balaban J connectivity index is 1.78. The molecule has 3 rings (SSSR count). The molecule has 3 aromatic rings. The summed E-state index contributed by atoms with van der Waals surface area (Å²) in [6, 6.07) is 25.5. The van der Waals surface area contributed by atoms with Gasteiger partial charge < -0.3 is 15.2 Å². The zero-order valence-corrected chi connectivity index (χ0v) is 19.6. The summed E-state index contributed by atoms with van der Waals surface area (Å²) in [4.78, 5) is 11.5. The number of carbonyl (C=O) groups is 1. The maximum Gasteiger partial charge on any atom is 0.405 e. The molecule has 0 aliphatic carbocycles. The Morgan fingerprint density at radius 3 is 2.03 bits per heavy atom. The van der Waals surface area contributed by atoms with Gasteiger partial charge in [0.2, 0.25) is 0 Å². The number of benzene rings is 3. The minimum Gasteiger partial charge on any atom is -0.489 e. The number of primary amides is 1. The fourth-order valence-electron chi connectivity index (χ4n) is 3.68. The summed E-state index contributed by atoms with van der Waals surface area (Å²) in [5.74, 6) is 0.697. The molecule has 0 saturated heterocycles. The molecular formula is C26H29NO5S. The predicted molar refractivity (Wildman–Crippen MR) is 128 cm³/mol. The minimum absolute atomic E-state index is 0.0967. The van der Waals surface area contributed by atoms with Crippen molar-refractivity contribution in [1.82, 2.24) is 0 Å².